The van der Waals surface area contributed by atoms with Crippen molar-refractivity contribution in [1.29, 1.82) is 0 Å². The van der Waals surface area contributed by atoms with Crippen molar-refractivity contribution in [2.45, 2.75) is 47.3 Å². The summed E-state index contributed by atoms with van der Waals surface area (Å²) in [5.74, 6) is 6.35. The van der Waals surface area contributed by atoms with Crippen LogP contribution < -0.4 is 5.73 Å². The number of carbonyl (C=O) groups excluding carboxylic acids is 1. The van der Waals surface area contributed by atoms with Crippen LogP contribution in [0.3, 0.4) is 0 Å². The van der Waals surface area contributed by atoms with E-state index >= 15 is 0 Å². The van der Waals surface area contributed by atoms with Crippen molar-refractivity contribution in [2.24, 2.45) is 5.73 Å². The standard InChI is InChI=1S/C14H10NO2.C5H5.Fe/c15-12-6-3-5-11(12)14(17)9-8-10-4-1-2-7-13(10)16;1-2-4-5-3-1;/h1-7,16H,15H2;1-5H;. The van der Waals surface area contributed by atoms with Crippen molar-refractivity contribution in [3.63, 3.8) is 0 Å². The summed E-state index contributed by atoms with van der Waals surface area (Å²) in [5.41, 5.74) is 7.72. The molecular formula is C19H15FeNO2. The molecule has 23 heavy (non-hydrogen) atoms. The molecule has 3 N–H and O–H groups in total. The Morgan fingerprint density at radius 3 is 2.17 bits per heavy atom. The van der Waals surface area contributed by atoms with E-state index in [9.17, 15) is 9.90 Å². The Labute approximate surface area is 122 Å². The number of aromatic hydroxyl groups is 1. The van der Waals surface area contributed by atoms with E-state index in [2.05, 4.69) is 11.8 Å². The molecule has 0 saturated carbocycles. The first-order valence-corrected chi connectivity index (χ1v) is 14.9. The SMILES string of the molecule is N[C]12[CH]3[CH]4[CH]5[C]1(C(=O)C#Cc1ccccc1O)[Fe]43521678[CH]2[CH]1[CH]6[CH]7[CH]28. The molecule has 1 aromatic rings. The molecule has 0 aliphatic carbocycles. The molecule has 10 saturated heterocycles. The molecule has 0 bridgehead atoms. The maximum absolute atomic E-state index is 13.4. The molecule has 10 heterocycles. The van der Waals surface area contributed by atoms with E-state index in [1.165, 1.54) is 0 Å². The van der Waals surface area contributed by atoms with Crippen molar-refractivity contribution in [3.8, 4) is 17.6 Å². The Morgan fingerprint density at radius 1 is 1.09 bits per heavy atom. The molecule has 0 amide bonds. The van der Waals surface area contributed by atoms with Gasteiger partial charge in [-0.2, -0.15) is 0 Å². The van der Waals surface area contributed by atoms with E-state index in [4.69, 9.17) is 5.73 Å². The van der Waals surface area contributed by atoms with Crippen molar-refractivity contribution < 1.29 is 16.4 Å². The number of nitrogens with two attached hydrogens (primary N) is 1. The number of hydrogen-bond donors (Lipinski definition) is 2. The van der Waals surface area contributed by atoms with E-state index in [1.54, 1.807) is 18.2 Å². The molecule has 4 heteroatoms. The molecule has 10 aliphatic rings. The van der Waals surface area contributed by atoms with Gasteiger partial charge in [-0.05, 0) is 0 Å². The zero-order valence-corrected chi connectivity index (χ0v) is 13.3. The van der Waals surface area contributed by atoms with Crippen LogP contribution in [0.4, 0.5) is 0 Å². The minimum absolute atomic E-state index is 0.0383. The Bertz CT molecular complexity index is 1440. The number of rotatable bonds is 1. The van der Waals surface area contributed by atoms with Crippen molar-refractivity contribution in [2.75, 3.05) is 0 Å². The first kappa shape index (κ1) is 9.27. The van der Waals surface area contributed by atoms with Gasteiger partial charge in [0.05, 0.1) is 0 Å². The third-order valence-corrected chi connectivity index (χ3v) is 59.2. The first-order valence-electron chi connectivity index (χ1n) is 8.69. The number of phenolic OH excluding ortho intramolecular Hbond substituents is 1. The Kier molecular flexibility index (Phi) is 0.363. The van der Waals surface area contributed by atoms with Gasteiger partial charge in [-0.25, -0.2) is 0 Å². The molecule has 0 radical (unpaired) electrons. The van der Waals surface area contributed by atoms with Crippen molar-refractivity contribution in [1.82, 2.24) is 0 Å². The molecule has 11 rings (SSSR count). The first-order chi connectivity index (χ1) is 10.8. The summed E-state index contributed by atoms with van der Waals surface area (Å²) in [6.07, 6.45) is 0. The van der Waals surface area contributed by atoms with Crippen LogP contribution in [0.1, 0.15) is 5.56 Å². The summed E-state index contributed by atoms with van der Waals surface area (Å²) < 4.78 is -0.0139. The zero-order valence-electron chi connectivity index (χ0n) is 12.2. The van der Waals surface area contributed by atoms with E-state index in [1.807, 2.05) is 6.07 Å². The second-order valence-electron chi connectivity index (χ2n) is 11.9. The van der Waals surface area contributed by atoms with E-state index in [-0.39, 0.29) is 20.3 Å². The Balaban J connectivity index is 1.25. The van der Waals surface area contributed by atoms with Crippen LogP contribution in [0, 0.1) is 11.8 Å². The number of para-hydroxylation sites is 1. The molecule has 3 nitrogen and oxygen atoms in total. The third-order valence-electron chi connectivity index (χ3n) is 16.5. The van der Waals surface area contributed by atoms with Gasteiger partial charge in [-0.3, -0.25) is 0 Å². The van der Waals surface area contributed by atoms with Gasteiger partial charge < -0.3 is 0 Å². The summed E-state index contributed by atoms with van der Waals surface area (Å²) in [4.78, 5) is 21.2. The van der Waals surface area contributed by atoms with Crippen LogP contribution in [0.25, 0.3) is 0 Å². The van der Waals surface area contributed by atoms with Crippen LogP contribution in [0.5, 0.6) is 5.75 Å². The fourth-order valence-electron chi connectivity index (χ4n) is 18.1. The average molecular weight is 345 g/mol. The number of fused-ring (bicyclic) bond motifs is 10. The van der Waals surface area contributed by atoms with Gasteiger partial charge in [0.2, 0.25) is 0 Å². The monoisotopic (exact) mass is 345 g/mol. The van der Waals surface area contributed by atoms with Gasteiger partial charge in [0, 0.05) is 0 Å². The van der Waals surface area contributed by atoms with Crippen LogP contribution in [-0.2, 0) is 11.3 Å². The van der Waals surface area contributed by atoms with Crippen molar-refractivity contribution in [3.05, 3.63) is 29.8 Å². The molecule has 1 aromatic carbocycles. The fraction of sp³-hybridized carbons (Fsp3) is 0.526. The summed E-state index contributed by atoms with van der Waals surface area (Å²) in [7, 11) is 0. The van der Waals surface area contributed by atoms with Gasteiger partial charge in [0.25, 0.3) is 0 Å². The Hall–Kier alpha value is -1.27. The van der Waals surface area contributed by atoms with Gasteiger partial charge in [0.15, 0.2) is 0 Å². The van der Waals surface area contributed by atoms with Crippen LogP contribution in [0.15, 0.2) is 24.3 Å². The summed E-state index contributed by atoms with van der Waals surface area (Å²) in [5, 5.41) is 9.89. The number of benzene rings is 1. The summed E-state index contributed by atoms with van der Waals surface area (Å²) in [6.45, 7) is -3.71. The van der Waals surface area contributed by atoms with Gasteiger partial charge in [-0.15, -0.1) is 0 Å². The van der Waals surface area contributed by atoms with E-state index < -0.39 is 6.51 Å². The summed E-state index contributed by atoms with van der Waals surface area (Å²) in [6, 6.07) is 7.04. The molecule has 0 aromatic heterocycles. The topological polar surface area (TPSA) is 63.3 Å². The quantitative estimate of drug-likeness (QED) is 0.608. The number of ketones is 1. The minimum atomic E-state index is -3.71. The van der Waals surface area contributed by atoms with Crippen LogP contribution in [0.2, 0.25) is 42.8 Å². The number of carbonyl (C=O) groups is 1. The van der Waals surface area contributed by atoms with Crippen LogP contribution in [-0.4, -0.2) is 15.3 Å². The number of hydrogen-bond acceptors (Lipinski definition) is 3. The molecule has 116 valence electrons. The number of phenols is 1. The van der Waals surface area contributed by atoms with Gasteiger partial charge >= 0.3 is 123 Å². The maximum atomic E-state index is 13.4. The molecule has 10 fully saturated rings. The number of Topliss-reactive ketones (excluding diaryl/α,β-unsaturated/α-hetero) is 1. The average Bonchev–Trinajstić information content (AvgIpc) is 3.48. The van der Waals surface area contributed by atoms with Gasteiger partial charge in [0.1, 0.15) is 0 Å². The normalized spacial score (nSPS) is 93.4. The predicted octanol–water partition coefficient (Wildman–Crippen LogP) is 2.94. The fourth-order valence-corrected chi connectivity index (χ4v) is 92.1. The third kappa shape index (κ3) is 0.118. The van der Waals surface area contributed by atoms with Gasteiger partial charge in [-0.1, -0.05) is 0 Å². The van der Waals surface area contributed by atoms with Crippen LogP contribution >= 0.6 is 0 Å². The second-order valence-corrected chi connectivity index (χ2v) is 35.2. The van der Waals surface area contributed by atoms with E-state index in [0.29, 0.717) is 5.56 Å². The molecule has 10 aliphatic heterocycles. The Morgan fingerprint density at radius 2 is 1.74 bits per heavy atom. The predicted molar refractivity (Wildman–Crippen MR) is 79.6 cm³/mol. The molecule has 5 unspecified atom stereocenters. The zero-order chi connectivity index (χ0) is 14.9. The van der Waals surface area contributed by atoms with Crippen molar-refractivity contribution >= 4 is 5.78 Å². The molecular weight excluding hydrogens is 330 g/mol. The second kappa shape index (κ2) is 0.899. The summed E-state index contributed by atoms with van der Waals surface area (Å²) >= 11 is 0. The molecule has 1 spiro atoms. The van der Waals surface area contributed by atoms with E-state index in [0.717, 1.165) is 38.5 Å². The molecule has 5 atom stereocenters.